The maximum absolute atomic E-state index is 13.9. The van der Waals surface area contributed by atoms with Crippen molar-refractivity contribution < 1.29 is 9.90 Å². The van der Waals surface area contributed by atoms with E-state index in [0.29, 0.717) is 40.0 Å². The number of hydrogen-bond acceptors (Lipinski definition) is 7. The highest BCUT2D eigenvalue weighted by molar-refractivity contribution is 6.33. The summed E-state index contributed by atoms with van der Waals surface area (Å²) in [6.45, 7) is 16.1. The van der Waals surface area contributed by atoms with Gasteiger partial charge in [-0.25, -0.2) is 0 Å². The predicted molar refractivity (Wildman–Crippen MR) is 157 cm³/mol. The van der Waals surface area contributed by atoms with Crippen molar-refractivity contribution in [2.45, 2.75) is 40.5 Å². The molecule has 0 fully saturated rings. The molecule has 0 bridgehead atoms. The van der Waals surface area contributed by atoms with Crippen molar-refractivity contribution in [3.05, 3.63) is 65.0 Å². The molecular formula is C31H41N5O2. The normalized spacial score (nSPS) is 13.9. The number of benzene rings is 2. The van der Waals surface area contributed by atoms with E-state index in [1.54, 1.807) is 6.20 Å². The van der Waals surface area contributed by atoms with Gasteiger partial charge in [-0.1, -0.05) is 52.0 Å². The molecule has 2 aromatic carbocycles. The molecule has 1 aliphatic rings. The molecule has 0 saturated heterocycles. The molecule has 0 atom stereocenters. The first-order valence-electron chi connectivity index (χ1n) is 14.1. The maximum atomic E-state index is 13.9. The third-order valence-corrected chi connectivity index (χ3v) is 7.56. The quantitative estimate of drug-likeness (QED) is 0.238. The number of anilines is 1. The third-order valence-electron chi connectivity index (χ3n) is 7.56. The SMILES string of the molecule is CCN(CC)CCCN=C1c2nccc(NCCCN(CC)CC)c2C(=O)c2cc3ccccc3c(O)c21. The minimum Gasteiger partial charge on any atom is -0.507 e. The molecular weight excluding hydrogens is 474 g/mol. The van der Waals surface area contributed by atoms with Crippen molar-refractivity contribution in [1.29, 1.82) is 0 Å². The van der Waals surface area contributed by atoms with Gasteiger partial charge in [0.1, 0.15) is 11.4 Å². The van der Waals surface area contributed by atoms with Crippen molar-refractivity contribution in [2.24, 2.45) is 4.99 Å². The van der Waals surface area contributed by atoms with Crippen LogP contribution in [0.15, 0.2) is 47.6 Å². The summed E-state index contributed by atoms with van der Waals surface area (Å²) in [5, 5.41) is 16.4. The summed E-state index contributed by atoms with van der Waals surface area (Å²) >= 11 is 0. The van der Waals surface area contributed by atoms with E-state index in [1.165, 1.54) is 0 Å². The zero-order valence-corrected chi connectivity index (χ0v) is 23.3. The summed E-state index contributed by atoms with van der Waals surface area (Å²) < 4.78 is 0. The Morgan fingerprint density at radius 3 is 2.32 bits per heavy atom. The first-order chi connectivity index (χ1) is 18.5. The Labute approximate surface area is 226 Å². The number of aliphatic imine (C=N–C) groups is 1. The monoisotopic (exact) mass is 515 g/mol. The van der Waals surface area contributed by atoms with Crippen molar-refractivity contribution in [3.63, 3.8) is 0 Å². The number of phenolic OH excluding ortho intramolecular Hbond substituents is 1. The van der Waals surface area contributed by atoms with Crippen LogP contribution in [-0.4, -0.2) is 83.7 Å². The Bertz CT molecular complexity index is 1290. The van der Waals surface area contributed by atoms with Gasteiger partial charge < -0.3 is 20.2 Å². The number of fused-ring (bicyclic) bond motifs is 3. The summed E-state index contributed by atoms with van der Waals surface area (Å²) in [5.74, 6) is -0.0311. The van der Waals surface area contributed by atoms with Crippen molar-refractivity contribution in [1.82, 2.24) is 14.8 Å². The molecule has 7 nitrogen and oxygen atoms in total. The minimum absolute atomic E-state index is 0.0963. The molecule has 0 saturated carbocycles. The lowest BCUT2D eigenvalue weighted by Crippen LogP contribution is -2.27. The summed E-state index contributed by atoms with van der Waals surface area (Å²) in [6.07, 6.45) is 3.59. The number of rotatable bonds is 13. The zero-order chi connectivity index (χ0) is 27.1. The molecule has 1 aliphatic carbocycles. The largest absolute Gasteiger partial charge is 0.507 e. The van der Waals surface area contributed by atoms with Gasteiger partial charge in [0, 0.05) is 35.9 Å². The number of aromatic nitrogens is 1. The van der Waals surface area contributed by atoms with Crippen LogP contribution in [0.4, 0.5) is 5.69 Å². The second-order valence-electron chi connectivity index (χ2n) is 9.70. The molecule has 3 aromatic rings. The van der Waals surface area contributed by atoms with E-state index in [-0.39, 0.29) is 11.5 Å². The van der Waals surface area contributed by atoms with E-state index in [9.17, 15) is 9.90 Å². The first-order valence-corrected chi connectivity index (χ1v) is 14.1. The van der Waals surface area contributed by atoms with Crippen LogP contribution in [0.25, 0.3) is 10.8 Å². The van der Waals surface area contributed by atoms with E-state index >= 15 is 0 Å². The Morgan fingerprint density at radius 1 is 0.921 bits per heavy atom. The van der Waals surface area contributed by atoms with Crippen LogP contribution in [0.1, 0.15) is 67.7 Å². The highest BCUT2D eigenvalue weighted by Gasteiger charge is 2.34. The van der Waals surface area contributed by atoms with Crippen molar-refractivity contribution in [3.8, 4) is 5.75 Å². The molecule has 4 rings (SSSR count). The lowest BCUT2D eigenvalue weighted by Gasteiger charge is -2.24. The molecule has 1 heterocycles. The summed E-state index contributed by atoms with van der Waals surface area (Å²) in [6, 6.07) is 11.4. The highest BCUT2D eigenvalue weighted by atomic mass is 16.3. The Morgan fingerprint density at radius 2 is 1.61 bits per heavy atom. The molecule has 0 amide bonds. The molecule has 0 aliphatic heterocycles. The van der Waals surface area contributed by atoms with Crippen molar-refractivity contribution >= 4 is 28.0 Å². The number of carbonyl (C=O) groups excluding carboxylic acids is 1. The fraction of sp³-hybridized carbons (Fsp3) is 0.452. The fourth-order valence-corrected chi connectivity index (χ4v) is 5.26. The second kappa shape index (κ2) is 13.0. The van der Waals surface area contributed by atoms with Gasteiger partial charge in [0.05, 0.1) is 16.8 Å². The maximum Gasteiger partial charge on any atom is 0.198 e. The Balaban J connectivity index is 1.72. The summed E-state index contributed by atoms with van der Waals surface area (Å²) in [4.78, 5) is 28.3. The van der Waals surface area contributed by atoms with Gasteiger partial charge in [-0.15, -0.1) is 0 Å². The number of ketones is 1. The lowest BCUT2D eigenvalue weighted by atomic mass is 9.83. The number of phenols is 1. The predicted octanol–water partition coefficient (Wildman–Crippen LogP) is 5.20. The lowest BCUT2D eigenvalue weighted by molar-refractivity contribution is 0.103. The standard InChI is InChI=1S/C31H41N5O2/c1-5-35(6-2)19-11-16-32-25-15-18-34-29-27(25)31(38)24-21-22-13-9-10-14-23(22)30(37)26(24)28(29)33-17-12-20-36(7-3)8-4/h9-10,13-15,18,21,37H,5-8,11-12,16-17,19-20H2,1-4H3,(H,32,34). The van der Waals surface area contributed by atoms with E-state index in [1.807, 2.05) is 36.4 Å². The van der Waals surface area contributed by atoms with Gasteiger partial charge in [-0.3, -0.25) is 14.8 Å². The van der Waals surface area contributed by atoms with Crippen LogP contribution in [0.3, 0.4) is 0 Å². The number of aromatic hydroxyl groups is 1. The van der Waals surface area contributed by atoms with Crippen LogP contribution in [0.2, 0.25) is 0 Å². The molecule has 38 heavy (non-hydrogen) atoms. The fourth-order valence-electron chi connectivity index (χ4n) is 5.26. The summed E-state index contributed by atoms with van der Waals surface area (Å²) in [5.41, 5.74) is 3.44. The number of nitrogens with one attached hydrogen (secondary N) is 1. The van der Waals surface area contributed by atoms with Crippen LogP contribution in [0.5, 0.6) is 5.75 Å². The number of hydrogen-bond donors (Lipinski definition) is 2. The number of nitrogens with zero attached hydrogens (tertiary/aromatic N) is 4. The Hall–Kier alpha value is -3.29. The van der Waals surface area contributed by atoms with Crippen LogP contribution in [-0.2, 0) is 0 Å². The highest BCUT2D eigenvalue weighted by Crippen LogP contribution is 2.39. The average Bonchev–Trinajstić information content (AvgIpc) is 2.95. The third kappa shape index (κ3) is 5.74. The van der Waals surface area contributed by atoms with E-state index in [2.05, 4.69) is 47.8 Å². The second-order valence-corrected chi connectivity index (χ2v) is 9.70. The molecule has 2 N–H and O–H groups in total. The molecule has 0 spiro atoms. The topological polar surface area (TPSA) is 81.1 Å². The number of carbonyl (C=O) groups is 1. The van der Waals surface area contributed by atoms with Gasteiger partial charge in [0.15, 0.2) is 5.78 Å². The van der Waals surface area contributed by atoms with Gasteiger partial charge in [0.25, 0.3) is 0 Å². The molecule has 0 radical (unpaired) electrons. The molecule has 0 unspecified atom stereocenters. The van der Waals surface area contributed by atoms with E-state index in [0.717, 1.165) is 69.7 Å². The molecule has 1 aromatic heterocycles. The summed E-state index contributed by atoms with van der Waals surface area (Å²) in [7, 11) is 0. The van der Waals surface area contributed by atoms with Crippen LogP contribution < -0.4 is 5.32 Å². The van der Waals surface area contributed by atoms with Gasteiger partial charge in [-0.2, -0.15) is 0 Å². The molecule has 202 valence electrons. The smallest absolute Gasteiger partial charge is 0.198 e. The van der Waals surface area contributed by atoms with E-state index < -0.39 is 0 Å². The van der Waals surface area contributed by atoms with Crippen molar-refractivity contribution in [2.75, 3.05) is 57.7 Å². The first kappa shape index (κ1) is 27.7. The minimum atomic E-state index is -0.127. The van der Waals surface area contributed by atoms with Gasteiger partial charge in [-0.05, 0) is 69.6 Å². The van der Waals surface area contributed by atoms with Gasteiger partial charge in [0.2, 0.25) is 0 Å². The van der Waals surface area contributed by atoms with Crippen LogP contribution >= 0.6 is 0 Å². The van der Waals surface area contributed by atoms with Crippen LogP contribution in [0, 0.1) is 0 Å². The zero-order valence-electron chi connectivity index (χ0n) is 23.3. The average molecular weight is 516 g/mol. The van der Waals surface area contributed by atoms with Gasteiger partial charge >= 0.3 is 0 Å². The van der Waals surface area contributed by atoms with E-state index in [4.69, 9.17) is 4.99 Å². The number of pyridine rings is 1. The Kier molecular flexibility index (Phi) is 9.48. The molecule has 7 heteroatoms.